The van der Waals surface area contributed by atoms with Crippen molar-refractivity contribution in [2.75, 3.05) is 6.54 Å². The first kappa shape index (κ1) is 22.0. The molecule has 30 heavy (non-hydrogen) atoms. The monoisotopic (exact) mass is 413 g/mol. The van der Waals surface area contributed by atoms with Gasteiger partial charge in [0.1, 0.15) is 0 Å². The summed E-state index contributed by atoms with van der Waals surface area (Å²) in [7, 11) is 0. The number of carbonyl (C=O) groups excluding carboxylic acids is 2. The third-order valence-corrected chi connectivity index (χ3v) is 5.80. The van der Waals surface area contributed by atoms with Crippen molar-refractivity contribution in [2.45, 2.75) is 78.0 Å². The van der Waals surface area contributed by atoms with Gasteiger partial charge in [-0.1, -0.05) is 38.5 Å². The molecule has 2 aromatic rings. The van der Waals surface area contributed by atoms with Crippen molar-refractivity contribution in [1.82, 2.24) is 14.7 Å². The molecule has 0 radical (unpaired) electrons. The molecular formula is C23H31N3O4. The Kier molecular flexibility index (Phi) is 7.24. The van der Waals surface area contributed by atoms with E-state index in [-0.39, 0.29) is 23.2 Å². The van der Waals surface area contributed by atoms with Crippen molar-refractivity contribution < 1.29 is 14.3 Å². The third-order valence-electron chi connectivity index (χ3n) is 5.80. The first-order valence-corrected chi connectivity index (χ1v) is 11.0. The molecule has 0 aliphatic carbocycles. The second-order valence-electron chi connectivity index (χ2n) is 7.91. The number of fused-ring (bicyclic) bond motifs is 1. The number of ether oxygens (including phenoxy) is 1. The van der Waals surface area contributed by atoms with Gasteiger partial charge in [0, 0.05) is 24.5 Å². The van der Waals surface area contributed by atoms with Crippen LogP contribution >= 0.6 is 0 Å². The number of esters is 1. The molecule has 7 heteroatoms. The van der Waals surface area contributed by atoms with Crippen LogP contribution in [0.15, 0.2) is 29.1 Å². The maximum Gasteiger partial charge on any atom is 0.360 e. The Morgan fingerprint density at radius 1 is 1.20 bits per heavy atom. The molecule has 7 nitrogen and oxygen atoms in total. The van der Waals surface area contributed by atoms with Gasteiger partial charge in [-0.2, -0.15) is 5.10 Å². The standard InChI is InChI=1S/C23H31N3O4/c1-4-6-15-26-22(28)19-13-8-7-12-18(19)20(24-26)23(29)30-16(3)21(27)25-14-10-9-11-17(25)5-2/h7-8,12-13,16-17H,4-6,9-11,14-15H2,1-3H3. The van der Waals surface area contributed by atoms with Crippen LogP contribution in [0.1, 0.15) is 69.8 Å². The first-order chi connectivity index (χ1) is 14.5. The second-order valence-corrected chi connectivity index (χ2v) is 7.91. The second kappa shape index (κ2) is 9.87. The predicted molar refractivity (Wildman–Crippen MR) is 115 cm³/mol. The molecule has 0 bridgehead atoms. The molecule has 0 spiro atoms. The van der Waals surface area contributed by atoms with Crippen LogP contribution in [0, 0.1) is 0 Å². The van der Waals surface area contributed by atoms with E-state index in [1.54, 1.807) is 31.2 Å². The number of carbonyl (C=O) groups is 2. The molecule has 0 N–H and O–H groups in total. The topological polar surface area (TPSA) is 81.5 Å². The van der Waals surface area contributed by atoms with Crippen molar-refractivity contribution in [3.8, 4) is 0 Å². The molecular weight excluding hydrogens is 382 g/mol. The van der Waals surface area contributed by atoms with Crippen molar-refractivity contribution in [1.29, 1.82) is 0 Å². The fourth-order valence-corrected chi connectivity index (χ4v) is 4.06. The van der Waals surface area contributed by atoms with Gasteiger partial charge in [0.05, 0.1) is 5.39 Å². The van der Waals surface area contributed by atoms with Crippen molar-refractivity contribution in [3.63, 3.8) is 0 Å². The van der Waals surface area contributed by atoms with Crippen LogP contribution in [0.3, 0.4) is 0 Å². The number of rotatable bonds is 7. The Bertz CT molecular complexity index is 969. The molecule has 162 valence electrons. The average molecular weight is 414 g/mol. The Morgan fingerprint density at radius 3 is 2.63 bits per heavy atom. The maximum absolute atomic E-state index is 13.0. The minimum absolute atomic E-state index is 0.0756. The summed E-state index contributed by atoms with van der Waals surface area (Å²) in [6, 6.07) is 7.09. The average Bonchev–Trinajstić information content (AvgIpc) is 2.78. The quantitative estimate of drug-likeness (QED) is 0.649. The van der Waals surface area contributed by atoms with Crippen LogP contribution < -0.4 is 5.56 Å². The van der Waals surface area contributed by atoms with Crippen LogP contribution in [0.4, 0.5) is 0 Å². The molecule has 2 unspecified atom stereocenters. The Balaban J connectivity index is 1.86. The summed E-state index contributed by atoms with van der Waals surface area (Å²) < 4.78 is 6.87. The van der Waals surface area contributed by atoms with Crippen LogP contribution in [0.25, 0.3) is 10.8 Å². The van der Waals surface area contributed by atoms with Gasteiger partial charge in [-0.3, -0.25) is 9.59 Å². The molecule has 1 aliphatic rings. The zero-order chi connectivity index (χ0) is 21.7. The third kappa shape index (κ3) is 4.55. The summed E-state index contributed by atoms with van der Waals surface area (Å²) in [6.07, 6.45) is 4.74. The number of piperidine rings is 1. The highest BCUT2D eigenvalue weighted by atomic mass is 16.5. The van der Waals surface area contributed by atoms with Gasteiger partial charge in [-0.25, -0.2) is 9.48 Å². The molecule has 1 saturated heterocycles. The fraction of sp³-hybridized carbons (Fsp3) is 0.565. The molecule has 2 atom stereocenters. The van der Waals surface area contributed by atoms with Gasteiger partial charge >= 0.3 is 5.97 Å². The van der Waals surface area contributed by atoms with E-state index in [9.17, 15) is 14.4 Å². The number of aromatic nitrogens is 2. The number of amides is 1. The number of likely N-dealkylation sites (tertiary alicyclic amines) is 1. The van der Waals surface area contributed by atoms with Gasteiger partial charge in [0.15, 0.2) is 11.8 Å². The first-order valence-electron chi connectivity index (χ1n) is 11.0. The van der Waals surface area contributed by atoms with Crippen LogP contribution in [0.5, 0.6) is 0 Å². The number of hydrogen-bond donors (Lipinski definition) is 0. The smallest absolute Gasteiger partial charge is 0.360 e. The number of aryl methyl sites for hydroxylation is 1. The van der Waals surface area contributed by atoms with E-state index in [1.807, 2.05) is 11.8 Å². The maximum atomic E-state index is 13.0. The summed E-state index contributed by atoms with van der Waals surface area (Å²) >= 11 is 0. The highest BCUT2D eigenvalue weighted by Crippen LogP contribution is 2.21. The lowest BCUT2D eigenvalue weighted by Crippen LogP contribution is -2.48. The number of unbranched alkanes of at least 4 members (excludes halogenated alkanes) is 1. The zero-order valence-electron chi connectivity index (χ0n) is 18.1. The van der Waals surface area contributed by atoms with E-state index in [2.05, 4.69) is 12.0 Å². The van der Waals surface area contributed by atoms with E-state index in [0.717, 1.165) is 38.5 Å². The molecule has 1 aromatic carbocycles. The van der Waals surface area contributed by atoms with Crippen molar-refractivity contribution >= 4 is 22.6 Å². The number of hydrogen-bond acceptors (Lipinski definition) is 5. The largest absolute Gasteiger partial charge is 0.448 e. The normalized spacial score (nSPS) is 17.7. The molecule has 1 aliphatic heterocycles. The van der Waals surface area contributed by atoms with Crippen molar-refractivity contribution in [2.24, 2.45) is 0 Å². The van der Waals surface area contributed by atoms with E-state index in [4.69, 9.17) is 4.74 Å². The lowest BCUT2D eigenvalue weighted by Gasteiger charge is -2.36. The summed E-state index contributed by atoms with van der Waals surface area (Å²) in [5.41, 5.74) is -0.148. The number of benzene rings is 1. The summed E-state index contributed by atoms with van der Waals surface area (Å²) in [6.45, 7) is 6.83. The molecule has 0 saturated carbocycles. The van der Waals surface area contributed by atoms with Gasteiger partial charge in [0.25, 0.3) is 11.5 Å². The molecule has 2 heterocycles. The SMILES string of the molecule is CCCCn1nc(C(=O)OC(C)C(=O)N2CCCCC2CC)c2ccccc2c1=O. The van der Waals surface area contributed by atoms with E-state index in [1.165, 1.54) is 4.68 Å². The Morgan fingerprint density at radius 2 is 1.93 bits per heavy atom. The summed E-state index contributed by atoms with van der Waals surface area (Å²) in [4.78, 5) is 40.5. The highest BCUT2D eigenvalue weighted by Gasteiger charge is 2.31. The van der Waals surface area contributed by atoms with Crippen LogP contribution in [-0.4, -0.2) is 45.2 Å². The van der Waals surface area contributed by atoms with Crippen LogP contribution in [-0.2, 0) is 16.1 Å². The van der Waals surface area contributed by atoms with Gasteiger partial charge in [-0.15, -0.1) is 0 Å². The van der Waals surface area contributed by atoms with E-state index in [0.29, 0.717) is 23.9 Å². The molecule has 1 amide bonds. The summed E-state index contributed by atoms with van der Waals surface area (Å²) in [5.74, 6) is -0.846. The van der Waals surface area contributed by atoms with Crippen molar-refractivity contribution in [3.05, 3.63) is 40.3 Å². The van der Waals surface area contributed by atoms with Crippen LogP contribution in [0.2, 0.25) is 0 Å². The molecule has 3 rings (SSSR count). The molecule has 1 aromatic heterocycles. The Hall–Kier alpha value is -2.70. The van der Waals surface area contributed by atoms with Gasteiger partial charge < -0.3 is 9.64 Å². The summed E-state index contributed by atoms with van der Waals surface area (Å²) in [5, 5.41) is 5.17. The lowest BCUT2D eigenvalue weighted by atomic mass is 9.99. The minimum atomic E-state index is -0.902. The number of nitrogens with zero attached hydrogens (tertiary/aromatic N) is 3. The van der Waals surface area contributed by atoms with E-state index >= 15 is 0 Å². The fourth-order valence-electron chi connectivity index (χ4n) is 4.06. The zero-order valence-corrected chi connectivity index (χ0v) is 18.1. The lowest BCUT2D eigenvalue weighted by molar-refractivity contribution is -0.143. The van der Waals surface area contributed by atoms with Gasteiger partial charge in [-0.05, 0) is 45.1 Å². The van der Waals surface area contributed by atoms with Gasteiger partial charge in [0.2, 0.25) is 0 Å². The minimum Gasteiger partial charge on any atom is -0.448 e. The highest BCUT2D eigenvalue weighted by molar-refractivity contribution is 6.02. The molecule has 1 fully saturated rings. The Labute approximate surface area is 177 Å². The predicted octanol–water partition coefficient (Wildman–Crippen LogP) is 3.53. The van der Waals surface area contributed by atoms with E-state index < -0.39 is 12.1 Å².